The predicted octanol–water partition coefficient (Wildman–Crippen LogP) is -0.617. The van der Waals surface area contributed by atoms with E-state index in [4.69, 9.17) is 10.4 Å². The lowest BCUT2D eigenvalue weighted by molar-refractivity contribution is -0.332. The summed E-state index contributed by atoms with van der Waals surface area (Å²) in [5.74, 6) is 0. The summed E-state index contributed by atoms with van der Waals surface area (Å²) in [6.07, 6.45) is -1.12. The first-order valence-corrected chi connectivity index (χ1v) is 1.73. The number of carbonyl (C=O) groups excluding carboxylic acids is 1. The van der Waals surface area contributed by atoms with Crippen LogP contribution >= 0.6 is 0 Å². The maximum Gasteiger partial charge on any atom is 0.195 e. The Morgan fingerprint density at radius 1 is 1.86 bits per heavy atom. The normalized spacial score (nSPS) is 13.4. The van der Waals surface area contributed by atoms with Crippen molar-refractivity contribution in [3.8, 4) is 0 Å². The zero-order valence-electron chi connectivity index (χ0n) is 3.57. The summed E-state index contributed by atoms with van der Waals surface area (Å²) in [7, 11) is 0. The van der Waals surface area contributed by atoms with Gasteiger partial charge < -0.3 is 9.90 Å². The van der Waals surface area contributed by atoms with Crippen molar-refractivity contribution in [2.24, 2.45) is 0 Å². The van der Waals surface area contributed by atoms with Crippen LogP contribution in [0.1, 0.15) is 6.42 Å². The van der Waals surface area contributed by atoms with E-state index in [1.807, 2.05) is 0 Å². The summed E-state index contributed by atoms with van der Waals surface area (Å²) in [5, 5.41) is 15.7. The molecular formula is C3H6O4. The quantitative estimate of drug-likeness (QED) is 0.218. The maximum atomic E-state index is 9.42. The van der Waals surface area contributed by atoms with E-state index in [0.29, 0.717) is 6.29 Å². The minimum atomic E-state index is -1.36. The summed E-state index contributed by atoms with van der Waals surface area (Å²) in [4.78, 5) is 12.7. The number of rotatable bonds is 3. The molecule has 0 radical (unpaired) electrons. The number of aliphatic hydroxyl groups is 1. The van der Waals surface area contributed by atoms with Gasteiger partial charge in [0.15, 0.2) is 6.29 Å². The van der Waals surface area contributed by atoms with E-state index in [1.54, 1.807) is 0 Å². The molecule has 0 saturated carbocycles. The smallest absolute Gasteiger partial charge is 0.195 e. The van der Waals surface area contributed by atoms with Gasteiger partial charge in [0.2, 0.25) is 0 Å². The van der Waals surface area contributed by atoms with Crippen LogP contribution in [0.25, 0.3) is 0 Å². The Balaban J connectivity index is 2.98. The predicted molar refractivity (Wildman–Crippen MR) is 20.4 cm³/mol. The highest BCUT2D eigenvalue weighted by atomic mass is 17.1. The Morgan fingerprint density at radius 3 is 2.57 bits per heavy atom. The van der Waals surface area contributed by atoms with Crippen molar-refractivity contribution >= 4 is 6.29 Å². The Hall–Kier alpha value is -0.450. The highest BCUT2D eigenvalue weighted by Crippen LogP contribution is 1.84. The maximum absolute atomic E-state index is 9.42. The molecule has 0 aliphatic rings. The molecule has 42 valence electrons. The van der Waals surface area contributed by atoms with Gasteiger partial charge >= 0.3 is 0 Å². The van der Waals surface area contributed by atoms with Crippen LogP contribution in [0.4, 0.5) is 0 Å². The molecule has 7 heavy (non-hydrogen) atoms. The molecule has 1 atom stereocenters. The third-order valence-electron chi connectivity index (χ3n) is 0.420. The van der Waals surface area contributed by atoms with Gasteiger partial charge in [-0.05, 0) is 0 Å². The van der Waals surface area contributed by atoms with Crippen LogP contribution in [-0.2, 0) is 9.68 Å². The summed E-state index contributed by atoms with van der Waals surface area (Å²) in [6, 6.07) is 0. The average molecular weight is 106 g/mol. The molecule has 2 N–H and O–H groups in total. The van der Waals surface area contributed by atoms with E-state index in [2.05, 4.69) is 4.89 Å². The second-order valence-corrected chi connectivity index (χ2v) is 0.962. The van der Waals surface area contributed by atoms with Crippen molar-refractivity contribution in [3.05, 3.63) is 0 Å². The molecule has 0 aromatic heterocycles. The van der Waals surface area contributed by atoms with E-state index >= 15 is 0 Å². The van der Waals surface area contributed by atoms with Crippen molar-refractivity contribution in [3.63, 3.8) is 0 Å². The highest BCUT2D eigenvalue weighted by Gasteiger charge is 1.97. The molecule has 0 fully saturated rings. The summed E-state index contributed by atoms with van der Waals surface area (Å²) in [6.45, 7) is 0. The van der Waals surface area contributed by atoms with Crippen molar-refractivity contribution < 1.29 is 20.0 Å². The molecule has 0 heterocycles. The molecule has 0 aliphatic carbocycles. The van der Waals surface area contributed by atoms with Crippen molar-refractivity contribution in [2.45, 2.75) is 12.7 Å². The van der Waals surface area contributed by atoms with Gasteiger partial charge in [0.1, 0.15) is 6.29 Å². The Bertz CT molecular complexity index is 52.9. The fourth-order valence-electron chi connectivity index (χ4n) is 0.125. The van der Waals surface area contributed by atoms with Gasteiger partial charge in [-0.3, -0.25) is 0 Å². The number of carbonyl (C=O) groups is 1. The minimum absolute atomic E-state index is 0.198. The van der Waals surface area contributed by atoms with E-state index in [0.717, 1.165) is 0 Å². The zero-order chi connectivity index (χ0) is 5.70. The molecule has 0 aromatic carbocycles. The molecule has 0 bridgehead atoms. The zero-order valence-corrected chi connectivity index (χ0v) is 3.57. The SMILES string of the molecule is O=CCC(O)OO. The lowest BCUT2D eigenvalue weighted by Crippen LogP contribution is -2.08. The van der Waals surface area contributed by atoms with Crippen LogP contribution in [0.5, 0.6) is 0 Å². The van der Waals surface area contributed by atoms with Crippen LogP contribution in [0.15, 0.2) is 0 Å². The largest absolute Gasteiger partial charge is 0.365 e. The lowest BCUT2D eigenvalue weighted by atomic mass is 10.5. The highest BCUT2D eigenvalue weighted by molar-refractivity contribution is 5.49. The van der Waals surface area contributed by atoms with E-state index in [-0.39, 0.29) is 6.42 Å². The van der Waals surface area contributed by atoms with E-state index < -0.39 is 6.29 Å². The summed E-state index contributed by atoms with van der Waals surface area (Å²) in [5.41, 5.74) is 0. The van der Waals surface area contributed by atoms with Gasteiger partial charge in [-0.2, -0.15) is 0 Å². The van der Waals surface area contributed by atoms with Crippen LogP contribution in [0.2, 0.25) is 0 Å². The fraction of sp³-hybridized carbons (Fsp3) is 0.667. The molecule has 4 nitrogen and oxygen atoms in total. The van der Waals surface area contributed by atoms with Gasteiger partial charge in [-0.25, -0.2) is 10.1 Å². The Morgan fingerprint density at radius 2 is 2.43 bits per heavy atom. The van der Waals surface area contributed by atoms with Crippen LogP contribution in [0, 0.1) is 0 Å². The average Bonchev–Trinajstić information content (AvgIpc) is 1.68. The molecule has 0 spiro atoms. The Labute approximate surface area is 40.3 Å². The van der Waals surface area contributed by atoms with E-state index in [1.165, 1.54) is 0 Å². The molecule has 1 unspecified atom stereocenters. The molecule has 0 aromatic rings. The molecule has 0 amide bonds. The minimum Gasteiger partial charge on any atom is -0.365 e. The second-order valence-electron chi connectivity index (χ2n) is 0.962. The van der Waals surface area contributed by atoms with Crippen LogP contribution < -0.4 is 0 Å². The van der Waals surface area contributed by atoms with Gasteiger partial charge in [-0.1, -0.05) is 0 Å². The molecular weight excluding hydrogens is 100 g/mol. The fourth-order valence-corrected chi connectivity index (χ4v) is 0.125. The molecule has 4 heteroatoms. The first-order valence-electron chi connectivity index (χ1n) is 1.73. The van der Waals surface area contributed by atoms with Crippen molar-refractivity contribution in [1.29, 1.82) is 0 Å². The molecule has 0 saturated heterocycles. The third kappa shape index (κ3) is 3.38. The lowest BCUT2D eigenvalue weighted by Gasteiger charge is -1.96. The number of hydrogen-bond acceptors (Lipinski definition) is 4. The first kappa shape index (κ1) is 6.55. The summed E-state index contributed by atoms with van der Waals surface area (Å²) < 4.78 is 0. The Kier molecular flexibility index (Phi) is 3.49. The van der Waals surface area contributed by atoms with Gasteiger partial charge in [-0.15, -0.1) is 0 Å². The monoisotopic (exact) mass is 106 g/mol. The number of aliphatic hydroxyl groups excluding tert-OH is 1. The standard InChI is InChI=1S/C3H6O4/c4-2-1-3(5)7-6/h2-3,5-6H,1H2. The summed E-state index contributed by atoms with van der Waals surface area (Å²) >= 11 is 0. The van der Waals surface area contributed by atoms with Gasteiger partial charge in [0.05, 0.1) is 6.42 Å². The molecule has 0 aliphatic heterocycles. The first-order chi connectivity index (χ1) is 3.31. The number of hydrogen-bond donors (Lipinski definition) is 2. The van der Waals surface area contributed by atoms with Gasteiger partial charge in [0, 0.05) is 0 Å². The van der Waals surface area contributed by atoms with Crippen LogP contribution in [0.3, 0.4) is 0 Å². The molecule has 0 rings (SSSR count). The third-order valence-corrected chi connectivity index (χ3v) is 0.420. The number of aldehydes is 1. The van der Waals surface area contributed by atoms with E-state index in [9.17, 15) is 4.79 Å². The van der Waals surface area contributed by atoms with Gasteiger partial charge in [0.25, 0.3) is 0 Å². The second kappa shape index (κ2) is 3.73. The van der Waals surface area contributed by atoms with Crippen molar-refractivity contribution in [1.82, 2.24) is 0 Å². The topological polar surface area (TPSA) is 66.8 Å². The van der Waals surface area contributed by atoms with Crippen molar-refractivity contribution in [2.75, 3.05) is 0 Å². The van der Waals surface area contributed by atoms with Crippen LogP contribution in [-0.4, -0.2) is 22.9 Å².